The fourth-order valence-electron chi connectivity index (χ4n) is 3.12. The summed E-state index contributed by atoms with van der Waals surface area (Å²) >= 11 is 0. The third-order valence-corrected chi connectivity index (χ3v) is 4.52. The van der Waals surface area contributed by atoms with E-state index in [0.29, 0.717) is 24.2 Å². The van der Waals surface area contributed by atoms with Crippen molar-refractivity contribution in [3.63, 3.8) is 0 Å². The van der Waals surface area contributed by atoms with Crippen molar-refractivity contribution in [1.82, 2.24) is 34.8 Å². The Morgan fingerprint density at radius 1 is 1.17 bits per heavy atom. The highest BCUT2D eigenvalue weighted by molar-refractivity contribution is 5.46. The van der Waals surface area contributed by atoms with Crippen LogP contribution in [0.3, 0.4) is 0 Å². The van der Waals surface area contributed by atoms with Gasteiger partial charge in [0, 0.05) is 25.2 Å². The van der Waals surface area contributed by atoms with Crippen LogP contribution in [0.2, 0.25) is 0 Å². The number of aromatic nitrogens is 6. The molecule has 24 heavy (non-hydrogen) atoms. The van der Waals surface area contributed by atoms with Gasteiger partial charge in [-0.2, -0.15) is 4.98 Å². The Morgan fingerprint density at radius 3 is 2.96 bits per heavy atom. The molecule has 0 unspecified atom stereocenters. The minimum atomic E-state index is 0.529. The molecule has 0 atom stereocenters. The molecule has 8 nitrogen and oxygen atoms in total. The molecule has 0 spiro atoms. The molecular weight excluding hydrogens is 306 g/mol. The zero-order valence-corrected chi connectivity index (χ0v) is 13.2. The topological polar surface area (TPSA) is 85.8 Å². The van der Waals surface area contributed by atoms with E-state index in [-0.39, 0.29) is 0 Å². The van der Waals surface area contributed by atoms with Gasteiger partial charge in [-0.3, -0.25) is 9.88 Å². The van der Waals surface area contributed by atoms with Gasteiger partial charge in [0.25, 0.3) is 0 Å². The molecule has 1 aliphatic heterocycles. The number of rotatable bonds is 4. The summed E-state index contributed by atoms with van der Waals surface area (Å²) in [5, 5.41) is 12.8. The van der Waals surface area contributed by atoms with Gasteiger partial charge < -0.3 is 9.09 Å². The van der Waals surface area contributed by atoms with Crippen LogP contribution < -0.4 is 0 Å². The first-order valence-electron chi connectivity index (χ1n) is 8.25. The van der Waals surface area contributed by atoms with Crippen LogP contribution in [0.15, 0.2) is 28.9 Å². The summed E-state index contributed by atoms with van der Waals surface area (Å²) in [5.41, 5.74) is 0.722. The molecule has 1 fully saturated rings. The van der Waals surface area contributed by atoms with Crippen LogP contribution in [-0.2, 0) is 19.6 Å². The van der Waals surface area contributed by atoms with E-state index in [0.717, 1.165) is 31.2 Å². The number of fused-ring (bicyclic) bond motifs is 1. The lowest BCUT2D eigenvalue weighted by Gasteiger charge is -2.26. The standard InChI is InChI=1S/C16H17N7O/c1-2-6-17-12(3-1)15-18-14(24-21-15)10-22-7-8-23-13(9-22)19-20-16(23)11-4-5-11/h1-3,6,11H,4-5,7-10H2. The molecule has 1 aliphatic carbocycles. The fourth-order valence-corrected chi connectivity index (χ4v) is 3.12. The van der Waals surface area contributed by atoms with Crippen LogP contribution in [0.4, 0.5) is 0 Å². The van der Waals surface area contributed by atoms with Crippen LogP contribution in [0.1, 0.15) is 36.3 Å². The second kappa shape index (κ2) is 5.48. The average Bonchev–Trinajstić information content (AvgIpc) is 3.21. The molecule has 0 bridgehead atoms. The van der Waals surface area contributed by atoms with Crippen molar-refractivity contribution in [3.8, 4) is 11.5 Å². The van der Waals surface area contributed by atoms with E-state index >= 15 is 0 Å². The third kappa shape index (κ3) is 2.48. The zero-order valence-electron chi connectivity index (χ0n) is 13.2. The largest absolute Gasteiger partial charge is 0.337 e. The quantitative estimate of drug-likeness (QED) is 0.721. The minimum Gasteiger partial charge on any atom is -0.337 e. The summed E-state index contributed by atoms with van der Waals surface area (Å²) in [6, 6.07) is 5.65. The van der Waals surface area contributed by atoms with Crippen molar-refractivity contribution in [1.29, 1.82) is 0 Å². The Labute approximate surface area is 138 Å². The van der Waals surface area contributed by atoms with E-state index in [1.165, 1.54) is 18.7 Å². The molecule has 0 amide bonds. The van der Waals surface area contributed by atoms with Gasteiger partial charge in [0.2, 0.25) is 11.7 Å². The van der Waals surface area contributed by atoms with E-state index in [9.17, 15) is 0 Å². The van der Waals surface area contributed by atoms with Gasteiger partial charge in [0.1, 0.15) is 17.3 Å². The van der Waals surface area contributed by atoms with Crippen molar-refractivity contribution >= 4 is 0 Å². The van der Waals surface area contributed by atoms with Gasteiger partial charge in [0.05, 0.1) is 13.1 Å². The maximum atomic E-state index is 5.38. The second-order valence-corrected chi connectivity index (χ2v) is 6.34. The summed E-state index contributed by atoms with van der Waals surface area (Å²) in [6.07, 6.45) is 4.22. The molecule has 3 aromatic heterocycles. The highest BCUT2D eigenvalue weighted by Crippen LogP contribution is 2.39. The molecule has 8 heteroatoms. The Balaban J connectivity index is 1.30. The average molecular weight is 323 g/mol. The summed E-state index contributed by atoms with van der Waals surface area (Å²) in [6.45, 7) is 3.24. The summed E-state index contributed by atoms with van der Waals surface area (Å²) in [5.74, 6) is 3.97. The Bertz CT molecular complexity index is 852. The highest BCUT2D eigenvalue weighted by Gasteiger charge is 2.32. The molecule has 1 saturated carbocycles. The Morgan fingerprint density at radius 2 is 2.12 bits per heavy atom. The van der Waals surface area contributed by atoms with Gasteiger partial charge in [-0.1, -0.05) is 11.2 Å². The first-order chi connectivity index (χ1) is 11.9. The molecule has 0 N–H and O–H groups in total. The van der Waals surface area contributed by atoms with Crippen LogP contribution in [-0.4, -0.2) is 41.3 Å². The first kappa shape index (κ1) is 13.8. The van der Waals surface area contributed by atoms with Crippen molar-refractivity contribution < 1.29 is 4.52 Å². The van der Waals surface area contributed by atoms with Gasteiger partial charge in [0.15, 0.2) is 0 Å². The van der Waals surface area contributed by atoms with Crippen molar-refractivity contribution in [3.05, 3.63) is 41.9 Å². The van der Waals surface area contributed by atoms with E-state index in [4.69, 9.17) is 4.52 Å². The molecule has 0 radical (unpaired) electrons. The molecule has 5 rings (SSSR count). The van der Waals surface area contributed by atoms with Gasteiger partial charge in [-0.15, -0.1) is 10.2 Å². The van der Waals surface area contributed by atoms with Crippen LogP contribution in [0.5, 0.6) is 0 Å². The monoisotopic (exact) mass is 323 g/mol. The van der Waals surface area contributed by atoms with Gasteiger partial charge in [-0.25, -0.2) is 0 Å². The lowest BCUT2D eigenvalue weighted by atomic mass is 10.3. The van der Waals surface area contributed by atoms with Crippen LogP contribution >= 0.6 is 0 Å². The summed E-state index contributed by atoms with van der Waals surface area (Å²) in [4.78, 5) is 11.0. The second-order valence-electron chi connectivity index (χ2n) is 6.34. The third-order valence-electron chi connectivity index (χ3n) is 4.52. The Kier molecular flexibility index (Phi) is 3.15. The molecule has 2 aliphatic rings. The zero-order chi connectivity index (χ0) is 15.9. The summed E-state index contributed by atoms with van der Waals surface area (Å²) < 4.78 is 7.66. The number of pyridine rings is 1. The molecule has 3 aromatic rings. The highest BCUT2D eigenvalue weighted by atomic mass is 16.5. The van der Waals surface area contributed by atoms with Gasteiger partial charge >= 0.3 is 0 Å². The molecule has 122 valence electrons. The normalized spacial score (nSPS) is 17.8. The molecular formula is C16H17N7O. The SMILES string of the molecule is c1ccc(-c2noc(CN3CCn4c(nnc4C4CC4)C3)n2)nc1. The van der Waals surface area contributed by atoms with Crippen LogP contribution in [0.25, 0.3) is 11.5 Å². The maximum Gasteiger partial charge on any atom is 0.241 e. The van der Waals surface area contributed by atoms with Crippen molar-refractivity contribution in [2.45, 2.75) is 38.4 Å². The predicted molar refractivity (Wildman–Crippen MR) is 83.6 cm³/mol. The predicted octanol–water partition coefficient (Wildman–Crippen LogP) is 1.62. The lowest BCUT2D eigenvalue weighted by Crippen LogP contribution is -2.34. The van der Waals surface area contributed by atoms with Crippen LogP contribution in [0, 0.1) is 0 Å². The minimum absolute atomic E-state index is 0.529. The van der Waals surface area contributed by atoms with E-state index in [1.807, 2.05) is 18.2 Å². The van der Waals surface area contributed by atoms with E-state index < -0.39 is 0 Å². The number of nitrogens with zero attached hydrogens (tertiary/aromatic N) is 7. The van der Waals surface area contributed by atoms with Crippen molar-refractivity contribution in [2.24, 2.45) is 0 Å². The van der Waals surface area contributed by atoms with E-state index in [2.05, 4.69) is 34.8 Å². The van der Waals surface area contributed by atoms with Gasteiger partial charge in [-0.05, 0) is 25.0 Å². The molecule has 4 heterocycles. The molecule has 0 saturated heterocycles. The summed E-state index contributed by atoms with van der Waals surface area (Å²) in [7, 11) is 0. The number of hydrogen-bond acceptors (Lipinski definition) is 7. The number of hydrogen-bond donors (Lipinski definition) is 0. The fraction of sp³-hybridized carbons (Fsp3) is 0.438. The smallest absolute Gasteiger partial charge is 0.241 e. The Hall–Kier alpha value is -2.61. The van der Waals surface area contributed by atoms with E-state index in [1.54, 1.807) is 6.20 Å². The molecule has 0 aromatic carbocycles. The van der Waals surface area contributed by atoms with Crippen molar-refractivity contribution in [2.75, 3.05) is 6.54 Å². The first-order valence-corrected chi connectivity index (χ1v) is 8.25. The lowest BCUT2D eigenvalue weighted by molar-refractivity contribution is 0.182. The maximum absolute atomic E-state index is 5.38.